The summed E-state index contributed by atoms with van der Waals surface area (Å²) >= 11 is 6.14. The molecule has 0 aliphatic rings. The number of pyridine rings is 1. The number of rotatable bonds is 7. The van der Waals surface area contributed by atoms with Crippen LogP contribution in [0.1, 0.15) is 16.1 Å². The molecule has 0 fully saturated rings. The third-order valence-corrected chi connectivity index (χ3v) is 5.20. The summed E-state index contributed by atoms with van der Waals surface area (Å²) in [7, 11) is 0. The second-order valence-corrected chi connectivity index (χ2v) is 7.66. The third kappa shape index (κ3) is 5.50. The van der Waals surface area contributed by atoms with Gasteiger partial charge in [0.05, 0.1) is 0 Å². The Kier molecular flexibility index (Phi) is 6.78. The first-order valence-electron chi connectivity index (χ1n) is 10.2. The number of hydrogen-bond donors (Lipinski definition) is 2. The van der Waals surface area contributed by atoms with Gasteiger partial charge < -0.3 is 10.6 Å². The Labute approximate surface area is 191 Å². The maximum absolute atomic E-state index is 13.3. The zero-order valence-electron chi connectivity index (χ0n) is 17.2. The summed E-state index contributed by atoms with van der Waals surface area (Å²) in [5, 5.41) is 6.71. The normalized spacial score (nSPS) is 10.6. The SMILES string of the molecule is O=C(Nc1ccc(NCCc2ccccn2)cc1)c1cc(Cl)ccc1-c1ccc(F)cc1. The van der Waals surface area contributed by atoms with Crippen LogP contribution in [0.3, 0.4) is 0 Å². The summed E-state index contributed by atoms with van der Waals surface area (Å²) in [4.78, 5) is 17.3. The molecular formula is C26H21ClFN3O. The Morgan fingerprint density at radius 1 is 0.906 bits per heavy atom. The van der Waals surface area contributed by atoms with Crippen molar-refractivity contribution in [2.75, 3.05) is 17.2 Å². The topological polar surface area (TPSA) is 54.0 Å². The van der Waals surface area contributed by atoms with Gasteiger partial charge >= 0.3 is 0 Å². The van der Waals surface area contributed by atoms with E-state index in [9.17, 15) is 9.18 Å². The van der Waals surface area contributed by atoms with E-state index in [0.29, 0.717) is 21.8 Å². The molecule has 32 heavy (non-hydrogen) atoms. The van der Waals surface area contributed by atoms with Crippen molar-refractivity contribution in [3.8, 4) is 11.1 Å². The van der Waals surface area contributed by atoms with Gasteiger partial charge in [-0.3, -0.25) is 9.78 Å². The van der Waals surface area contributed by atoms with Crippen LogP contribution >= 0.6 is 11.6 Å². The Morgan fingerprint density at radius 3 is 2.38 bits per heavy atom. The largest absolute Gasteiger partial charge is 0.385 e. The summed E-state index contributed by atoms with van der Waals surface area (Å²) in [5.74, 6) is -0.620. The lowest BCUT2D eigenvalue weighted by Gasteiger charge is -2.12. The number of benzene rings is 3. The first-order chi connectivity index (χ1) is 15.6. The van der Waals surface area contributed by atoms with E-state index in [2.05, 4.69) is 15.6 Å². The highest BCUT2D eigenvalue weighted by Gasteiger charge is 2.14. The molecule has 4 nitrogen and oxygen atoms in total. The number of amides is 1. The zero-order valence-corrected chi connectivity index (χ0v) is 17.9. The number of anilines is 2. The molecular weight excluding hydrogens is 425 g/mol. The highest BCUT2D eigenvalue weighted by Crippen LogP contribution is 2.28. The van der Waals surface area contributed by atoms with Crippen LogP contribution in [0.2, 0.25) is 5.02 Å². The van der Waals surface area contributed by atoms with Gasteiger partial charge in [0.2, 0.25) is 0 Å². The highest BCUT2D eigenvalue weighted by atomic mass is 35.5. The number of nitrogens with zero attached hydrogens (tertiary/aromatic N) is 1. The van der Waals surface area contributed by atoms with Gasteiger partial charge in [-0.25, -0.2) is 4.39 Å². The van der Waals surface area contributed by atoms with Crippen LogP contribution in [0.4, 0.5) is 15.8 Å². The van der Waals surface area contributed by atoms with Gasteiger partial charge in [-0.15, -0.1) is 0 Å². The molecule has 0 unspecified atom stereocenters. The van der Waals surface area contributed by atoms with Crippen LogP contribution in [-0.4, -0.2) is 17.4 Å². The summed E-state index contributed by atoms with van der Waals surface area (Å²) < 4.78 is 13.3. The van der Waals surface area contributed by atoms with E-state index in [1.54, 1.807) is 36.5 Å². The lowest BCUT2D eigenvalue weighted by atomic mass is 9.99. The molecule has 6 heteroatoms. The first-order valence-corrected chi connectivity index (χ1v) is 10.6. The van der Waals surface area contributed by atoms with Gasteiger partial charge in [0.1, 0.15) is 5.82 Å². The van der Waals surface area contributed by atoms with Crippen LogP contribution < -0.4 is 10.6 Å². The first kappa shape index (κ1) is 21.5. The molecule has 0 aliphatic heterocycles. The molecule has 3 aromatic carbocycles. The second kappa shape index (κ2) is 10.1. The van der Waals surface area contributed by atoms with Gasteiger partial charge in [-0.1, -0.05) is 35.9 Å². The van der Waals surface area contributed by atoms with Gasteiger partial charge in [0, 0.05) is 46.8 Å². The van der Waals surface area contributed by atoms with Crippen LogP contribution in [0.25, 0.3) is 11.1 Å². The monoisotopic (exact) mass is 445 g/mol. The zero-order chi connectivity index (χ0) is 22.3. The van der Waals surface area contributed by atoms with E-state index in [-0.39, 0.29) is 11.7 Å². The van der Waals surface area contributed by atoms with Crippen molar-refractivity contribution in [2.24, 2.45) is 0 Å². The summed E-state index contributed by atoms with van der Waals surface area (Å²) in [5.41, 5.74) is 4.48. The van der Waals surface area contributed by atoms with Crippen molar-refractivity contribution in [1.29, 1.82) is 0 Å². The van der Waals surface area contributed by atoms with Gasteiger partial charge in [0.25, 0.3) is 5.91 Å². The fourth-order valence-corrected chi connectivity index (χ4v) is 3.51. The van der Waals surface area contributed by atoms with Crippen molar-refractivity contribution < 1.29 is 9.18 Å². The molecule has 0 bridgehead atoms. The number of hydrogen-bond acceptors (Lipinski definition) is 3. The molecule has 1 heterocycles. The lowest BCUT2D eigenvalue weighted by molar-refractivity contribution is 0.102. The summed E-state index contributed by atoms with van der Waals surface area (Å²) in [6.45, 7) is 0.756. The van der Waals surface area contributed by atoms with Crippen molar-refractivity contribution in [3.63, 3.8) is 0 Å². The van der Waals surface area contributed by atoms with Crippen molar-refractivity contribution >= 4 is 28.9 Å². The number of carbonyl (C=O) groups excluding carboxylic acids is 1. The standard InChI is InChI=1S/C26H21ClFN3O/c27-19-6-13-24(18-4-7-20(28)8-5-18)25(17-19)26(32)31-23-11-9-22(10-12-23)30-16-14-21-3-1-2-15-29-21/h1-13,15,17,30H,14,16H2,(H,31,32). The molecule has 0 spiro atoms. The van der Waals surface area contributed by atoms with E-state index in [4.69, 9.17) is 11.6 Å². The average Bonchev–Trinajstić information content (AvgIpc) is 2.81. The quantitative estimate of drug-likeness (QED) is 0.344. The molecule has 4 rings (SSSR count). The van der Waals surface area contributed by atoms with Crippen LogP contribution in [0.5, 0.6) is 0 Å². The molecule has 1 amide bonds. The predicted octanol–water partition coefficient (Wildman–Crippen LogP) is 6.45. The summed E-state index contributed by atoms with van der Waals surface area (Å²) in [6, 6.07) is 24.5. The number of aromatic nitrogens is 1. The number of carbonyl (C=O) groups is 1. The van der Waals surface area contributed by atoms with E-state index in [1.165, 1.54) is 12.1 Å². The minimum atomic E-state index is -0.331. The molecule has 0 saturated heterocycles. The minimum absolute atomic E-state index is 0.289. The van der Waals surface area contributed by atoms with E-state index in [1.807, 2.05) is 42.5 Å². The minimum Gasteiger partial charge on any atom is -0.385 e. The molecule has 160 valence electrons. The Bertz CT molecular complexity index is 1200. The van der Waals surface area contributed by atoms with Crippen molar-refractivity contribution in [1.82, 2.24) is 4.98 Å². The molecule has 2 N–H and O–H groups in total. The van der Waals surface area contributed by atoms with Crippen molar-refractivity contribution in [3.05, 3.63) is 113 Å². The average molecular weight is 446 g/mol. The predicted molar refractivity (Wildman–Crippen MR) is 128 cm³/mol. The smallest absolute Gasteiger partial charge is 0.256 e. The lowest BCUT2D eigenvalue weighted by Crippen LogP contribution is -2.13. The molecule has 1 aromatic heterocycles. The fraction of sp³-hybridized carbons (Fsp3) is 0.0769. The second-order valence-electron chi connectivity index (χ2n) is 7.23. The molecule has 0 saturated carbocycles. The highest BCUT2D eigenvalue weighted by molar-refractivity contribution is 6.31. The van der Waals surface area contributed by atoms with Crippen LogP contribution in [-0.2, 0) is 6.42 Å². The van der Waals surface area contributed by atoms with E-state index in [0.717, 1.165) is 29.9 Å². The fourth-order valence-electron chi connectivity index (χ4n) is 3.34. The number of halogens is 2. The van der Waals surface area contributed by atoms with Gasteiger partial charge in [-0.2, -0.15) is 0 Å². The van der Waals surface area contributed by atoms with Gasteiger partial charge in [0.15, 0.2) is 0 Å². The maximum atomic E-state index is 13.3. The maximum Gasteiger partial charge on any atom is 0.256 e. The Balaban J connectivity index is 1.42. The van der Waals surface area contributed by atoms with E-state index >= 15 is 0 Å². The van der Waals surface area contributed by atoms with Crippen LogP contribution in [0.15, 0.2) is 91.1 Å². The number of nitrogens with one attached hydrogen (secondary N) is 2. The molecule has 4 aromatic rings. The third-order valence-electron chi connectivity index (χ3n) is 4.96. The molecule has 0 radical (unpaired) electrons. The van der Waals surface area contributed by atoms with E-state index < -0.39 is 0 Å². The Hall–Kier alpha value is -3.70. The summed E-state index contributed by atoms with van der Waals surface area (Å²) in [6.07, 6.45) is 2.61. The molecule has 0 atom stereocenters. The Morgan fingerprint density at radius 2 is 1.66 bits per heavy atom. The molecule has 0 aliphatic carbocycles. The van der Waals surface area contributed by atoms with Crippen molar-refractivity contribution in [2.45, 2.75) is 6.42 Å². The van der Waals surface area contributed by atoms with Crippen LogP contribution in [0, 0.1) is 5.82 Å². The van der Waals surface area contributed by atoms with Gasteiger partial charge in [-0.05, 0) is 71.8 Å².